The molecule has 228 valence electrons. The fraction of sp³-hybridized carbons (Fsp3) is 0.0889. The van der Waals surface area contributed by atoms with Gasteiger partial charge in [-0.2, -0.15) is 0 Å². The number of rotatable bonds is 3. The largest absolute Gasteiger partial charge is 0.359 e. The van der Waals surface area contributed by atoms with Crippen molar-refractivity contribution in [3.8, 4) is 16.8 Å². The molecule has 8 aromatic rings. The lowest BCUT2D eigenvalue weighted by Crippen LogP contribution is -2.32. The van der Waals surface area contributed by atoms with Crippen molar-refractivity contribution in [2.24, 2.45) is 4.99 Å². The molecular weight excluding hydrogens is 583 g/mol. The maximum atomic E-state index is 5.09. The highest BCUT2D eigenvalue weighted by molar-refractivity contribution is 6.22. The molecule has 1 atom stereocenters. The van der Waals surface area contributed by atoms with E-state index < -0.39 is 0 Å². The first kappa shape index (κ1) is 27.2. The Hall–Kier alpha value is -5.93. The van der Waals surface area contributed by atoms with Crippen LogP contribution in [0.15, 0.2) is 157 Å². The molecule has 3 nitrogen and oxygen atoms in total. The monoisotopic (exact) mass is 615 g/mol. The summed E-state index contributed by atoms with van der Waals surface area (Å²) < 4.78 is 2.46. The van der Waals surface area contributed by atoms with Crippen molar-refractivity contribution in [1.29, 1.82) is 0 Å². The molecule has 7 aromatic carbocycles. The molecule has 1 N–H and O–H groups in total. The number of hydrogen-bond acceptors (Lipinski definition) is 2. The Labute approximate surface area is 279 Å². The predicted molar refractivity (Wildman–Crippen MR) is 200 cm³/mol. The molecule has 3 heteroatoms. The van der Waals surface area contributed by atoms with Crippen LogP contribution in [0.2, 0.25) is 0 Å². The minimum atomic E-state index is -0.0797. The Balaban J connectivity index is 1.16. The molecular formula is C45H33N3. The van der Waals surface area contributed by atoms with Gasteiger partial charge in [0.05, 0.1) is 22.8 Å². The van der Waals surface area contributed by atoms with E-state index in [-0.39, 0.29) is 11.5 Å². The Bertz CT molecular complexity index is 2610. The fourth-order valence-corrected chi connectivity index (χ4v) is 8.28. The molecule has 1 aliphatic carbocycles. The van der Waals surface area contributed by atoms with Crippen LogP contribution in [0.3, 0.4) is 0 Å². The number of benzene rings is 7. The first-order valence-electron chi connectivity index (χ1n) is 16.8. The maximum absolute atomic E-state index is 5.09. The molecule has 48 heavy (non-hydrogen) atoms. The second-order valence-corrected chi connectivity index (χ2v) is 13.7. The van der Waals surface area contributed by atoms with E-state index in [4.69, 9.17) is 4.99 Å². The lowest BCUT2D eigenvalue weighted by molar-refractivity contribution is 0.661. The highest BCUT2D eigenvalue weighted by atomic mass is 15.1. The molecule has 0 bridgehead atoms. The second-order valence-electron chi connectivity index (χ2n) is 13.7. The summed E-state index contributed by atoms with van der Waals surface area (Å²) in [4.78, 5) is 5.09. The first-order valence-corrected chi connectivity index (χ1v) is 16.8. The summed E-state index contributed by atoms with van der Waals surface area (Å²) in [6.07, 6.45) is 0. The van der Waals surface area contributed by atoms with E-state index >= 15 is 0 Å². The predicted octanol–water partition coefficient (Wildman–Crippen LogP) is 11.0. The summed E-state index contributed by atoms with van der Waals surface area (Å²) in [5.74, 6) is 0.889. The average Bonchev–Trinajstić information content (AvgIpc) is 3.59. The minimum Gasteiger partial charge on any atom is -0.359 e. The van der Waals surface area contributed by atoms with Gasteiger partial charge in [-0.25, -0.2) is 4.99 Å². The van der Waals surface area contributed by atoms with Gasteiger partial charge in [-0.05, 0) is 87.1 Å². The van der Waals surface area contributed by atoms with E-state index in [0.29, 0.717) is 0 Å². The van der Waals surface area contributed by atoms with E-state index in [1.165, 1.54) is 66.0 Å². The van der Waals surface area contributed by atoms with Gasteiger partial charge in [-0.3, -0.25) is 0 Å². The van der Waals surface area contributed by atoms with Crippen LogP contribution in [-0.4, -0.2) is 10.4 Å². The molecule has 0 amide bonds. The van der Waals surface area contributed by atoms with Gasteiger partial charge in [0, 0.05) is 33.0 Å². The zero-order valence-electron chi connectivity index (χ0n) is 26.9. The van der Waals surface area contributed by atoms with E-state index in [1.807, 2.05) is 0 Å². The van der Waals surface area contributed by atoms with E-state index in [2.05, 4.69) is 175 Å². The molecule has 1 aromatic heterocycles. The molecule has 1 unspecified atom stereocenters. The van der Waals surface area contributed by atoms with Crippen LogP contribution >= 0.6 is 0 Å². The number of amidine groups is 1. The van der Waals surface area contributed by atoms with Crippen molar-refractivity contribution in [2.75, 3.05) is 0 Å². The zero-order chi connectivity index (χ0) is 32.0. The second kappa shape index (κ2) is 10.0. The van der Waals surface area contributed by atoms with Gasteiger partial charge in [0.1, 0.15) is 5.84 Å². The third-order valence-electron chi connectivity index (χ3n) is 10.7. The number of aliphatic imine (C=N–C) groups is 1. The third kappa shape index (κ3) is 3.85. The van der Waals surface area contributed by atoms with Gasteiger partial charge in [0.15, 0.2) is 0 Å². The summed E-state index contributed by atoms with van der Waals surface area (Å²) in [7, 11) is 0. The van der Waals surface area contributed by atoms with Crippen LogP contribution in [-0.2, 0) is 5.41 Å². The SMILES string of the molecule is CC1(C)c2ccccc2-c2cc3c4c5ccccc5ccc4n(-c4ccc(C5=Nc6ccccc6C(c6ccccc6)N5)cc4)c3cc21. The summed E-state index contributed by atoms with van der Waals surface area (Å²) in [6, 6.07) is 55.2. The number of para-hydroxylation sites is 1. The molecule has 0 spiro atoms. The van der Waals surface area contributed by atoms with Gasteiger partial charge in [-0.15, -0.1) is 0 Å². The molecule has 0 saturated heterocycles. The van der Waals surface area contributed by atoms with Crippen LogP contribution in [0, 0.1) is 0 Å². The molecule has 2 heterocycles. The number of nitrogens with one attached hydrogen (secondary N) is 1. The summed E-state index contributed by atoms with van der Waals surface area (Å²) in [6.45, 7) is 4.72. The topological polar surface area (TPSA) is 29.3 Å². The lowest BCUT2D eigenvalue weighted by atomic mass is 9.82. The van der Waals surface area contributed by atoms with Crippen molar-refractivity contribution in [3.63, 3.8) is 0 Å². The first-order chi connectivity index (χ1) is 23.6. The molecule has 0 fully saturated rings. The molecule has 0 radical (unpaired) electrons. The van der Waals surface area contributed by atoms with Crippen molar-refractivity contribution in [1.82, 2.24) is 9.88 Å². The molecule has 10 rings (SSSR count). The summed E-state index contributed by atoms with van der Waals surface area (Å²) >= 11 is 0. The van der Waals surface area contributed by atoms with Gasteiger partial charge in [-0.1, -0.05) is 117 Å². The van der Waals surface area contributed by atoms with Crippen LogP contribution in [0.4, 0.5) is 5.69 Å². The molecule has 2 aliphatic rings. The van der Waals surface area contributed by atoms with Gasteiger partial charge < -0.3 is 9.88 Å². The number of nitrogens with zero attached hydrogens (tertiary/aromatic N) is 2. The Morgan fingerprint density at radius 1 is 0.604 bits per heavy atom. The van der Waals surface area contributed by atoms with Crippen LogP contribution in [0.1, 0.15) is 47.7 Å². The molecule has 1 aliphatic heterocycles. The smallest absolute Gasteiger partial charge is 0.134 e. The van der Waals surface area contributed by atoms with Gasteiger partial charge in [0.25, 0.3) is 0 Å². The standard InChI is InChI=1S/C45H33N3/c1-45(2)37-18-10-8-16-33(37)35-26-36-41(27-38(35)45)48(40-25-22-28-12-6-7-15-32(28)42(36)40)31-23-20-30(21-24-31)44-46-39-19-11-9-17-34(39)43(47-44)29-13-4-3-5-14-29/h3-27,43H,1-2H3,(H,46,47). The lowest BCUT2D eigenvalue weighted by Gasteiger charge is -2.27. The van der Waals surface area contributed by atoms with E-state index in [0.717, 1.165) is 22.8 Å². The molecule has 0 saturated carbocycles. The normalized spacial score (nSPS) is 16.0. The highest BCUT2D eigenvalue weighted by Gasteiger charge is 2.36. The summed E-state index contributed by atoms with van der Waals surface area (Å²) in [5, 5.41) is 8.90. The van der Waals surface area contributed by atoms with Gasteiger partial charge >= 0.3 is 0 Å². The van der Waals surface area contributed by atoms with E-state index in [1.54, 1.807) is 0 Å². The van der Waals surface area contributed by atoms with Crippen LogP contribution < -0.4 is 5.32 Å². The Morgan fingerprint density at radius 3 is 2.23 bits per heavy atom. The quantitative estimate of drug-likeness (QED) is 0.210. The van der Waals surface area contributed by atoms with Crippen molar-refractivity contribution >= 4 is 44.1 Å². The number of fused-ring (bicyclic) bond motifs is 9. The average molecular weight is 616 g/mol. The third-order valence-corrected chi connectivity index (χ3v) is 10.7. The minimum absolute atomic E-state index is 0.0368. The van der Waals surface area contributed by atoms with Crippen LogP contribution in [0.5, 0.6) is 0 Å². The van der Waals surface area contributed by atoms with Gasteiger partial charge in [0.2, 0.25) is 0 Å². The maximum Gasteiger partial charge on any atom is 0.134 e. The highest BCUT2D eigenvalue weighted by Crippen LogP contribution is 2.51. The number of hydrogen-bond donors (Lipinski definition) is 1. The van der Waals surface area contributed by atoms with Crippen molar-refractivity contribution in [2.45, 2.75) is 25.3 Å². The Kier molecular flexibility index (Phi) is 5.69. The zero-order valence-corrected chi connectivity index (χ0v) is 26.9. The van der Waals surface area contributed by atoms with Crippen molar-refractivity contribution < 1.29 is 0 Å². The Morgan fingerprint density at radius 2 is 1.35 bits per heavy atom. The fourth-order valence-electron chi connectivity index (χ4n) is 8.28. The number of aromatic nitrogens is 1. The van der Waals surface area contributed by atoms with Crippen LogP contribution in [0.25, 0.3) is 49.4 Å². The van der Waals surface area contributed by atoms with E-state index in [9.17, 15) is 0 Å². The summed E-state index contributed by atoms with van der Waals surface area (Å²) in [5.41, 5.74) is 13.5. The van der Waals surface area contributed by atoms with Crippen molar-refractivity contribution in [3.05, 3.63) is 179 Å².